The normalized spacial score (nSPS) is 21.1. The highest BCUT2D eigenvalue weighted by molar-refractivity contribution is 5.79. The van der Waals surface area contributed by atoms with Crippen molar-refractivity contribution in [1.29, 1.82) is 0 Å². The van der Waals surface area contributed by atoms with Crippen LogP contribution in [0, 0.1) is 17.8 Å². The van der Waals surface area contributed by atoms with Gasteiger partial charge in [-0.15, -0.1) is 0 Å². The number of ether oxygens (including phenoxy) is 1. The molecule has 0 spiro atoms. The standard InChI is InChI=1S/C16H19NO3/c1-12-9-15(11-20-12)16(19)17-10-14-6-3-2-5-13(14)7-4-8-18/h2-3,5-6,12,15,18H,8-11H2,1H3,(H,17,19). The van der Waals surface area contributed by atoms with E-state index in [9.17, 15) is 4.79 Å². The second-order valence-corrected chi connectivity index (χ2v) is 4.91. The van der Waals surface area contributed by atoms with Gasteiger partial charge in [-0.25, -0.2) is 0 Å². The summed E-state index contributed by atoms with van der Waals surface area (Å²) in [4.78, 5) is 12.0. The topological polar surface area (TPSA) is 58.6 Å². The number of aliphatic hydroxyl groups is 1. The van der Waals surface area contributed by atoms with Crippen molar-refractivity contribution in [2.24, 2.45) is 5.92 Å². The van der Waals surface area contributed by atoms with Gasteiger partial charge in [-0.05, 0) is 25.0 Å². The summed E-state index contributed by atoms with van der Waals surface area (Å²) in [7, 11) is 0. The summed E-state index contributed by atoms with van der Waals surface area (Å²) < 4.78 is 5.40. The second-order valence-electron chi connectivity index (χ2n) is 4.91. The van der Waals surface area contributed by atoms with Crippen LogP contribution in [0.5, 0.6) is 0 Å². The molecule has 1 fully saturated rings. The average Bonchev–Trinajstić information content (AvgIpc) is 2.90. The van der Waals surface area contributed by atoms with E-state index in [1.165, 1.54) is 0 Å². The summed E-state index contributed by atoms with van der Waals surface area (Å²) in [5.41, 5.74) is 1.78. The quantitative estimate of drug-likeness (QED) is 0.810. The minimum atomic E-state index is -0.169. The Hall–Kier alpha value is -1.83. The summed E-state index contributed by atoms with van der Waals surface area (Å²) in [5, 5.41) is 11.7. The number of hydrogen-bond acceptors (Lipinski definition) is 3. The summed E-state index contributed by atoms with van der Waals surface area (Å²) >= 11 is 0. The van der Waals surface area contributed by atoms with Gasteiger partial charge in [0.15, 0.2) is 0 Å². The first-order chi connectivity index (χ1) is 9.70. The number of carbonyl (C=O) groups excluding carboxylic acids is 1. The molecule has 0 radical (unpaired) electrons. The molecule has 1 amide bonds. The number of rotatable bonds is 3. The van der Waals surface area contributed by atoms with E-state index in [-0.39, 0.29) is 24.5 Å². The molecule has 20 heavy (non-hydrogen) atoms. The monoisotopic (exact) mass is 273 g/mol. The third-order valence-corrected chi connectivity index (χ3v) is 3.34. The van der Waals surface area contributed by atoms with Crippen LogP contribution >= 0.6 is 0 Å². The van der Waals surface area contributed by atoms with Crippen molar-refractivity contribution >= 4 is 5.91 Å². The van der Waals surface area contributed by atoms with Crippen molar-refractivity contribution in [3.8, 4) is 11.8 Å². The summed E-state index contributed by atoms with van der Waals surface area (Å²) in [6.45, 7) is 2.75. The molecule has 2 atom stereocenters. The molecule has 0 bridgehead atoms. The number of hydrogen-bond donors (Lipinski definition) is 2. The van der Waals surface area contributed by atoms with Crippen LogP contribution in [-0.2, 0) is 16.1 Å². The Morgan fingerprint density at radius 1 is 1.50 bits per heavy atom. The molecule has 1 aliphatic heterocycles. The lowest BCUT2D eigenvalue weighted by atomic mass is 10.0. The molecule has 1 aromatic rings. The van der Waals surface area contributed by atoms with Gasteiger partial charge in [0, 0.05) is 12.1 Å². The molecule has 2 unspecified atom stereocenters. The van der Waals surface area contributed by atoms with Gasteiger partial charge >= 0.3 is 0 Å². The average molecular weight is 273 g/mol. The lowest BCUT2D eigenvalue weighted by Gasteiger charge is -2.10. The van der Waals surface area contributed by atoms with Crippen LogP contribution in [0.25, 0.3) is 0 Å². The molecule has 2 rings (SSSR count). The van der Waals surface area contributed by atoms with Crippen molar-refractivity contribution < 1.29 is 14.6 Å². The number of carbonyl (C=O) groups is 1. The predicted octanol–water partition coefficient (Wildman–Crippen LogP) is 1.07. The summed E-state index contributed by atoms with van der Waals surface area (Å²) in [6.07, 6.45) is 0.936. The van der Waals surface area contributed by atoms with Crippen LogP contribution < -0.4 is 5.32 Å². The molecule has 1 aliphatic rings. The molecule has 0 saturated carbocycles. The van der Waals surface area contributed by atoms with Crippen LogP contribution in [0.1, 0.15) is 24.5 Å². The minimum Gasteiger partial charge on any atom is -0.384 e. The Kier molecular flexibility index (Phi) is 5.16. The van der Waals surface area contributed by atoms with E-state index in [4.69, 9.17) is 9.84 Å². The molecule has 0 aliphatic carbocycles. The van der Waals surface area contributed by atoms with Crippen molar-refractivity contribution in [2.45, 2.75) is 26.0 Å². The molecule has 1 saturated heterocycles. The highest BCUT2D eigenvalue weighted by Crippen LogP contribution is 2.19. The maximum absolute atomic E-state index is 12.0. The van der Waals surface area contributed by atoms with Crippen LogP contribution in [0.4, 0.5) is 0 Å². The number of amides is 1. The van der Waals surface area contributed by atoms with Crippen LogP contribution in [0.2, 0.25) is 0 Å². The maximum atomic E-state index is 12.0. The van der Waals surface area contributed by atoms with Gasteiger partial charge in [-0.2, -0.15) is 0 Å². The van der Waals surface area contributed by atoms with E-state index in [1.807, 2.05) is 31.2 Å². The Labute approximate surface area is 119 Å². The molecule has 2 N–H and O–H groups in total. The van der Waals surface area contributed by atoms with E-state index in [1.54, 1.807) is 0 Å². The molecule has 1 aromatic carbocycles. The Bertz CT molecular complexity index is 530. The molecular weight excluding hydrogens is 254 g/mol. The van der Waals surface area contributed by atoms with Crippen molar-refractivity contribution in [3.63, 3.8) is 0 Å². The lowest BCUT2D eigenvalue weighted by Crippen LogP contribution is -2.30. The summed E-state index contributed by atoms with van der Waals surface area (Å²) in [6, 6.07) is 7.60. The minimum absolute atomic E-state index is 0.0271. The van der Waals surface area contributed by atoms with E-state index < -0.39 is 0 Å². The molecule has 4 heteroatoms. The molecule has 4 nitrogen and oxygen atoms in total. The van der Waals surface area contributed by atoms with Crippen molar-refractivity contribution in [3.05, 3.63) is 35.4 Å². The Morgan fingerprint density at radius 2 is 2.30 bits per heavy atom. The first-order valence-corrected chi connectivity index (χ1v) is 6.77. The van der Waals surface area contributed by atoms with Gasteiger partial charge in [0.25, 0.3) is 0 Å². The van der Waals surface area contributed by atoms with Crippen molar-refractivity contribution in [2.75, 3.05) is 13.2 Å². The Balaban J connectivity index is 1.95. The van der Waals surface area contributed by atoms with E-state index >= 15 is 0 Å². The fourth-order valence-corrected chi connectivity index (χ4v) is 2.26. The zero-order valence-electron chi connectivity index (χ0n) is 11.6. The van der Waals surface area contributed by atoms with Gasteiger partial charge in [0.2, 0.25) is 5.91 Å². The maximum Gasteiger partial charge on any atom is 0.225 e. The van der Waals surface area contributed by atoms with Crippen LogP contribution in [0.3, 0.4) is 0 Å². The number of aliphatic hydroxyl groups excluding tert-OH is 1. The third-order valence-electron chi connectivity index (χ3n) is 3.34. The zero-order chi connectivity index (χ0) is 14.4. The second kappa shape index (κ2) is 7.09. The molecular formula is C16H19NO3. The number of nitrogens with one attached hydrogen (secondary N) is 1. The predicted molar refractivity (Wildman–Crippen MR) is 75.8 cm³/mol. The zero-order valence-corrected chi connectivity index (χ0v) is 11.6. The SMILES string of the molecule is CC1CC(C(=O)NCc2ccccc2C#CCO)CO1. The van der Waals surface area contributed by atoms with E-state index in [0.717, 1.165) is 17.5 Å². The van der Waals surface area contributed by atoms with Gasteiger partial charge in [0.05, 0.1) is 18.6 Å². The molecule has 1 heterocycles. The Morgan fingerprint density at radius 3 is 3.00 bits per heavy atom. The fraction of sp³-hybridized carbons (Fsp3) is 0.438. The van der Waals surface area contributed by atoms with Crippen molar-refractivity contribution in [1.82, 2.24) is 5.32 Å². The fourth-order valence-electron chi connectivity index (χ4n) is 2.26. The van der Waals surface area contributed by atoms with E-state index in [0.29, 0.717) is 13.2 Å². The lowest BCUT2D eigenvalue weighted by molar-refractivity contribution is -0.125. The van der Waals surface area contributed by atoms with E-state index in [2.05, 4.69) is 17.2 Å². The first-order valence-electron chi connectivity index (χ1n) is 6.77. The van der Waals surface area contributed by atoms with Crippen LogP contribution in [-0.4, -0.2) is 30.3 Å². The highest BCUT2D eigenvalue weighted by Gasteiger charge is 2.27. The number of benzene rings is 1. The molecule has 0 aromatic heterocycles. The molecule has 106 valence electrons. The third kappa shape index (κ3) is 3.83. The van der Waals surface area contributed by atoms with Gasteiger partial charge in [-0.1, -0.05) is 30.0 Å². The first kappa shape index (κ1) is 14.6. The highest BCUT2D eigenvalue weighted by atomic mass is 16.5. The van der Waals surface area contributed by atoms with Gasteiger partial charge < -0.3 is 15.2 Å². The largest absolute Gasteiger partial charge is 0.384 e. The summed E-state index contributed by atoms with van der Waals surface area (Å²) in [5.74, 6) is 5.49. The van der Waals surface area contributed by atoms with Gasteiger partial charge in [0.1, 0.15) is 6.61 Å². The smallest absolute Gasteiger partial charge is 0.225 e. The van der Waals surface area contributed by atoms with Crippen LogP contribution in [0.15, 0.2) is 24.3 Å². The van der Waals surface area contributed by atoms with Gasteiger partial charge in [-0.3, -0.25) is 4.79 Å².